The van der Waals surface area contributed by atoms with Crippen LogP contribution in [0.1, 0.15) is 13.8 Å². The normalized spacial score (nSPS) is 11.6. The van der Waals surface area contributed by atoms with E-state index in [1.165, 1.54) is 0 Å². The van der Waals surface area contributed by atoms with Crippen molar-refractivity contribution in [3.8, 4) is 0 Å². The van der Waals surface area contributed by atoms with Gasteiger partial charge in [0.15, 0.2) is 0 Å². The number of rotatable bonds is 3. The molecule has 0 aliphatic rings. The Morgan fingerprint density at radius 1 is 1.67 bits per heavy atom. The van der Waals surface area contributed by atoms with Crippen molar-refractivity contribution in [1.29, 1.82) is 0 Å². The number of hydrazone groups is 1. The van der Waals surface area contributed by atoms with Crippen LogP contribution in [0.4, 0.5) is 4.79 Å². The number of ether oxygens (including phenoxy) is 1. The van der Waals surface area contributed by atoms with E-state index in [1.807, 2.05) is 0 Å². The van der Waals surface area contributed by atoms with Crippen molar-refractivity contribution in [3.05, 3.63) is 0 Å². The molecule has 0 radical (unpaired) electrons. The van der Waals surface area contributed by atoms with Gasteiger partial charge in [0, 0.05) is 0 Å². The summed E-state index contributed by atoms with van der Waals surface area (Å²) in [7, 11) is 0. The van der Waals surface area contributed by atoms with Crippen molar-refractivity contribution >= 4 is 35.0 Å². The quantitative estimate of drug-likeness (QED) is 0.442. The molecule has 0 rings (SSSR count). The van der Waals surface area contributed by atoms with Crippen molar-refractivity contribution in [2.24, 2.45) is 5.10 Å². The lowest BCUT2D eigenvalue weighted by Gasteiger charge is -2.01. The predicted molar refractivity (Wildman–Crippen MR) is 48.8 cm³/mol. The van der Waals surface area contributed by atoms with Crippen molar-refractivity contribution in [1.82, 2.24) is 5.43 Å². The van der Waals surface area contributed by atoms with Gasteiger partial charge in [0.05, 0.1) is 12.3 Å². The molecule has 0 aromatic rings. The van der Waals surface area contributed by atoms with E-state index in [1.54, 1.807) is 13.8 Å². The molecule has 12 heavy (non-hydrogen) atoms. The molecule has 4 nitrogen and oxygen atoms in total. The molecule has 6 heteroatoms. The molecule has 0 unspecified atom stereocenters. The third kappa shape index (κ3) is 5.21. The number of alkyl halides is 2. The molecular formula is C6H10Cl2N2O2. The van der Waals surface area contributed by atoms with Gasteiger partial charge in [-0.1, -0.05) is 23.2 Å². The van der Waals surface area contributed by atoms with Gasteiger partial charge in [0.2, 0.25) is 0 Å². The predicted octanol–water partition coefficient (Wildman–Crippen LogP) is 1.91. The summed E-state index contributed by atoms with van der Waals surface area (Å²) >= 11 is 10.9. The van der Waals surface area contributed by atoms with Gasteiger partial charge in [0.25, 0.3) is 0 Å². The summed E-state index contributed by atoms with van der Waals surface area (Å²) in [6.07, 6.45) is -0.620. The molecule has 0 atom stereocenters. The average Bonchev–Trinajstić information content (AvgIpc) is 2.00. The zero-order chi connectivity index (χ0) is 9.56. The van der Waals surface area contributed by atoms with Crippen LogP contribution in [0, 0.1) is 0 Å². The van der Waals surface area contributed by atoms with Crippen molar-refractivity contribution in [3.63, 3.8) is 0 Å². The Morgan fingerprint density at radius 2 is 2.25 bits per heavy atom. The van der Waals surface area contributed by atoms with Crippen LogP contribution in [-0.4, -0.2) is 23.2 Å². The molecular weight excluding hydrogens is 203 g/mol. The highest BCUT2D eigenvalue weighted by Crippen LogP contribution is 2.02. The SMILES string of the molecule is CCOC(=O)N/N=C(\C)C(Cl)Cl. The first-order valence-electron chi connectivity index (χ1n) is 3.33. The van der Waals surface area contributed by atoms with Gasteiger partial charge in [-0.25, -0.2) is 10.2 Å². The number of hydrogen-bond donors (Lipinski definition) is 1. The minimum Gasteiger partial charge on any atom is -0.449 e. The smallest absolute Gasteiger partial charge is 0.427 e. The van der Waals surface area contributed by atoms with Crippen LogP contribution >= 0.6 is 23.2 Å². The Bertz CT molecular complexity index is 182. The van der Waals surface area contributed by atoms with E-state index in [0.717, 1.165) is 0 Å². The maximum Gasteiger partial charge on any atom is 0.427 e. The van der Waals surface area contributed by atoms with E-state index < -0.39 is 10.9 Å². The minimum absolute atomic E-state index is 0.297. The highest BCUT2D eigenvalue weighted by Gasteiger charge is 2.03. The molecule has 0 saturated carbocycles. The fraction of sp³-hybridized carbons (Fsp3) is 0.667. The number of amides is 1. The summed E-state index contributed by atoms with van der Waals surface area (Å²) in [6.45, 7) is 3.59. The van der Waals surface area contributed by atoms with Crippen molar-refractivity contribution in [2.45, 2.75) is 18.7 Å². The number of nitrogens with zero attached hydrogens (tertiary/aromatic N) is 1. The summed E-state index contributed by atoms with van der Waals surface area (Å²) in [6, 6.07) is 0. The molecule has 0 spiro atoms. The molecule has 0 aliphatic heterocycles. The van der Waals surface area contributed by atoms with Crippen LogP contribution in [0.3, 0.4) is 0 Å². The zero-order valence-electron chi connectivity index (χ0n) is 6.80. The van der Waals surface area contributed by atoms with Gasteiger partial charge in [0.1, 0.15) is 4.84 Å². The van der Waals surface area contributed by atoms with E-state index in [2.05, 4.69) is 15.3 Å². The van der Waals surface area contributed by atoms with Gasteiger partial charge in [-0.3, -0.25) is 0 Å². The number of carbonyl (C=O) groups excluding carboxylic acids is 1. The summed E-state index contributed by atoms with van der Waals surface area (Å²) in [5, 5.41) is 3.57. The maximum atomic E-state index is 10.6. The molecule has 0 saturated heterocycles. The van der Waals surface area contributed by atoms with Gasteiger partial charge >= 0.3 is 6.09 Å². The number of halogens is 2. The van der Waals surface area contributed by atoms with E-state index in [-0.39, 0.29) is 0 Å². The Morgan fingerprint density at radius 3 is 2.67 bits per heavy atom. The average molecular weight is 213 g/mol. The Hall–Kier alpha value is -0.480. The summed E-state index contributed by atoms with van der Waals surface area (Å²) < 4.78 is 4.53. The molecule has 0 heterocycles. The van der Waals surface area contributed by atoms with Crippen LogP contribution in [-0.2, 0) is 4.74 Å². The lowest BCUT2D eigenvalue weighted by molar-refractivity contribution is 0.152. The van der Waals surface area contributed by atoms with E-state index in [4.69, 9.17) is 23.2 Å². The molecule has 0 aromatic carbocycles. The fourth-order valence-electron chi connectivity index (χ4n) is 0.346. The first kappa shape index (κ1) is 11.5. The highest BCUT2D eigenvalue weighted by molar-refractivity contribution is 6.54. The first-order valence-corrected chi connectivity index (χ1v) is 4.20. The second-order valence-corrected chi connectivity index (χ2v) is 2.98. The fourth-order valence-corrected chi connectivity index (χ4v) is 0.444. The number of carbonyl (C=O) groups is 1. The van der Waals surface area contributed by atoms with E-state index >= 15 is 0 Å². The Balaban J connectivity index is 3.79. The Labute approximate surface area is 80.9 Å². The van der Waals surface area contributed by atoms with E-state index in [0.29, 0.717) is 12.3 Å². The van der Waals surface area contributed by atoms with Crippen LogP contribution in [0.15, 0.2) is 5.10 Å². The summed E-state index contributed by atoms with van der Waals surface area (Å²) in [4.78, 5) is 9.93. The van der Waals surface area contributed by atoms with Gasteiger partial charge < -0.3 is 4.74 Å². The largest absolute Gasteiger partial charge is 0.449 e. The third-order valence-electron chi connectivity index (χ3n) is 0.915. The van der Waals surface area contributed by atoms with Crippen LogP contribution < -0.4 is 5.43 Å². The molecule has 0 fully saturated rings. The molecule has 0 aliphatic carbocycles. The lowest BCUT2D eigenvalue weighted by Crippen LogP contribution is -2.21. The second kappa shape index (κ2) is 6.08. The highest BCUT2D eigenvalue weighted by atomic mass is 35.5. The van der Waals surface area contributed by atoms with Gasteiger partial charge in [-0.05, 0) is 13.8 Å². The molecule has 1 amide bonds. The van der Waals surface area contributed by atoms with Crippen LogP contribution in [0.5, 0.6) is 0 Å². The topological polar surface area (TPSA) is 50.7 Å². The molecule has 1 N–H and O–H groups in total. The zero-order valence-corrected chi connectivity index (χ0v) is 8.32. The van der Waals surface area contributed by atoms with Crippen LogP contribution in [0.25, 0.3) is 0 Å². The van der Waals surface area contributed by atoms with Crippen molar-refractivity contribution in [2.75, 3.05) is 6.61 Å². The number of hydrogen-bond acceptors (Lipinski definition) is 3. The maximum absolute atomic E-state index is 10.6. The second-order valence-electron chi connectivity index (χ2n) is 1.89. The van der Waals surface area contributed by atoms with Gasteiger partial charge in [-0.15, -0.1) is 0 Å². The summed E-state index contributed by atoms with van der Waals surface area (Å²) in [5.41, 5.74) is 2.53. The molecule has 0 aromatic heterocycles. The molecule has 70 valence electrons. The molecule has 0 bridgehead atoms. The minimum atomic E-state index is -0.716. The van der Waals surface area contributed by atoms with E-state index in [9.17, 15) is 4.79 Å². The van der Waals surface area contributed by atoms with Crippen LogP contribution in [0.2, 0.25) is 0 Å². The monoisotopic (exact) mass is 212 g/mol. The third-order valence-corrected chi connectivity index (χ3v) is 1.55. The summed E-state index contributed by atoms with van der Waals surface area (Å²) in [5.74, 6) is 0. The number of nitrogens with one attached hydrogen (secondary N) is 1. The van der Waals surface area contributed by atoms with Gasteiger partial charge in [-0.2, -0.15) is 5.10 Å². The Kier molecular flexibility index (Phi) is 5.84. The standard InChI is InChI=1S/C6H10Cl2N2O2/c1-3-12-6(11)10-9-4(2)5(7)8/h5H,3H2,1-2H3,(H,10,11)/b9-4+. The van der Waals surface area contributed by atoms with Crippen molar-refractivity contribution < 1.29 is 9.53 Å². The first-order chi connectivity index (χ1) is 5.57. The lowest BCUT2D eigenvalue weighted by atomic mass is 10.5.